The van der Waals surface area contributed by atoms with Gasteiger partial charge >= 0.3 is 6.29 Å². The Labute approximate surface area is 185 Å². The minimum Gasteiger partial charge on any atom is -0.395 e. The fourth-order valence-electron chi connectivity index (χ4n) is 3.88. The zero-order valence-electron chi connectivity index (χ0n) is 17.2. The normalized spacial score (nSPS) is 16.1. The molecule has 0 radical (unpaired) electrons. The van der Waals surface area contributed by atoms with Gasteiger partial charge in [-0.15, -0.1) is 8.78 Å². The number of rotatable bonds is 4. The van der Waals surface area contributed by atoms with E-state index >= 15 is 0 Å². The van der Waals surface area contributed by atoms with Crippen molar-refractivity contribution in [2.75, 3.05) is 18.6 Å². The molecule has 7 nitrogen and oxygen atoms in total. The summed E-state index contributed by atoms with van der Waals surface area (Å²) in [6, 6.07) is 10.4. The van der Waals surface area contributed by atoms with Crippen molar-refractivity contribution < 1.29 is 36.6 Å². The molecule has 1 amide bonds. The summed E-state index contributed by atoms with van der Waals surface area (Å²) in [6.07, 6.45) is -6.10. The van der Waals surface area contributed by atoms with Gasteiger partial charge in [0.05, 0.1) is 24.6 Å². The molecule has 0 bridgehead atoms. The maximum Gasteiger partial charge on any atom is 0.586 e. The fourth-order valence-corrected chi connectivity index (χ4v) is 3.88. The molecular weight excluding hydrogens is 446 g/mol. The summed E-state index contributed by atoms with van der Waals surface area (Å²) < 4.78 is 69.0. The van der Waals surface area contributed by atoms with Crippen molar-refractivity contribution in [3.8, 4) is 17.2 Å². The number of alkyl halides is 4. The van der Waals surface area contributed by atoms with Gasteiger partial charge in [-0.05, 0) is 30.3 Å². The van der Waals surface area contributed by atoms with Crippen molar-refractivity contribution >= 4 is 11.6 Å². The first-order valence-electron chi connectivity index (χ1n) is 9.98. The molecule has 0 aliphatic carbocycles. The van der Waals surface area contributed by atoms with Crippen LogP contribution in [0.3, 0.4) is 0 Å². The average Bonchev–Trinajstić information content (AvgIpc) is 3.34. The van der Waals surface area contributed by atoms with Crippen molar-refractivity contribution in [1.29, 1.82) is 0 Å². The van der Waals surface area contributed by atoms with E-state index in [1.165, 1.54) is 40.9 Å². The van der Waals surface area contributed by atoms with Gasteiger partial charge in [0, 0.05) is 36.3 Å². The Kier molecular flexibility index (Phi) is 5.00. The van der Waals surface area contributed by atoms with Crippen LogP contribution in [0.5, 0.6) is 11.5 Å². The molecule has 5 rings (SSSR count). The van der Waals surface area contributed by atoms with Crippen LogP contribution in [-0.2, 0) is 17.8 Å². The van der Waals surface area contributed by atoms with Crippen LogP contribution in [0.4, 0.5) is 23.2 Å². The molecule has 2 aromatic carbocycles. The van der Waals surface area contributed by atoms with Gasteiger partial charge in [-0.1, -0.05) is 6.07 Å². The lowest BCUT2D eigenvalue weighted by Crippen LogP contribution is -2.26. The van der Waals surface area contributed by atoms with E-state index in [1.807, 2.05) is 0 Å². The maximum atomic E-state index is 13.5. The van der Waals surface area contributed by atoms with Gasteiger partial charge < -0.3 is 19.1 Å². The second kappa shape index (κ2) is 7.77. The lowest BCUT2D eigenvalue weighted by Gasteiger charge is -2.19. The number of carbonyl (C=O) groups excluding carboxylic acids is 1. The predicted molar refractivity (Wildman–Crippen MR) is 107 cm³/mol. The number of anilines is 1. The Morgan fingerprint density at radius 2 is 1.94 bits per heavy atom. The van der Waals surface area contributed by atoms with Crippen molar-refractivity contribution in [2.24, 2.45) is 0 Å². The smallest absolute Gasteiger partial charge is 0.395 e. The summed E-state index contributed by atoms with van der Waals surface area (Å²) in [5.74, 6) is -0.759. The molecule has 0 unspecified atom stereocenters. The Morgan fingerprint density at radius 1 is 1.15 bits per heavy atom. The van der Waals surface area contributed by atoms with E-state index in [9.17, 15) is 22.4 Å². The highest BCUT2D eigenvalue weighted by Gasteiger charge is 2.43. The van der Waals surface area contributed by atoms with Crippen molar-refractivity contribution in [2.45, 2.75) is 25.7 Å². The van der Waals surface area contributed by atoms with Crippen LogP contribution in [0, 0.1) is 0 Å². The topological polar surface area (TPSA) is 65.8 Å². The lowest BCUT2D eigenvalue weighted by molar-refractivity contribution is -0.286. The molecule has 2 aliphatic rings. The Bertz CT molecular complexity index is 1240. The molecule has 2 aliphatic heterocycles. The fraction of sp³-hybridized carbons (Fsp3) is 0.273. The highest BCUT2D eigenvalue weighted by molar-refractivity contribution is 6.06. The zero-order chi connectivity index (χ0) is 23.3. The van der Waals surface area contributed by atoms with Crippen molar-refractivity contribution in [3.63, 3.8) is 0 Å². The van der Waals surface area contributed by atoms with Crippen LogP contribution < -0.4 is 14.4 Å². The summed E-state index contributed by atoms with van der Waals surface area (Å²) in [7, 11) is 1.48. The third kappa shape index (κ3) is 3.78. The predicted octanol–water partition coefficient (Wildman–Crippen LogP) is 4.48. The Balaban J connectivity index is 1.45. The van der Waals surface area contributed by atoms with E-state index < -0.39 is 18.6 Å². The number of amides is 1. The lowest BCUT2D eigenvalue weighted by atomic mass is 10.1. The molecule has 11 heteroatoms. The largest absolute Gasteiger partial charge is 0.586 e. The molecule has 0 spiro atoms. The monoisotopic (exact) mass is 463 g/mol. The number of benzene rings is 2. The van der Waals surface area contributed by atoms with Gasteiger partial charge in [-0.3, -0.25) is 4.79 Å². The van der Waals surface area contributed by atoms with E-state index in [-0.39, 0.29) is 29.4 Å². The number of halogens is 4. The van der Waals surface area contributed by atoms with E-state index in [0.29, 0.717) is 35.7 Å². The quantitative estimate of drug-likeness (QED) is 0.534. The van der Waals surface area contributed by atoms with Crippen LogP contribution in [-0.4, -0.2) is 35.6 Å². The van der Waals surface area contributed by atoms with Crippen molar-refractivity contribution in [3.05, 3.63) is 65.0 Å². The molecule has 0 saturated heterocycles. The Hall–Kier alpha value is -3.60. The maximum absolute atomic E-state index is 13.5. The number of nitrogens with zero attached hydrogens (tertiary/aromatic N) is 3. The number of carbonyl (C=O) groups is 1. The van der Waals surface area contributed by atoms with Crippen LogP contribution in [0.2, 0.25) is 0 Å². The molecular formula is C22H17F4N3O4. The van der Waals surface area contributed by atoms with E-state index in [0.717, 1.165) is 0 Å². The Morgan fingerprint density at radius 3 is 2.73 bits per heavy atom. The van der Waals surface area contributed by atoms with E-state index in [4.69, 9.17) is 4.74 Å². The second-order valence-corrected chi connectivity index (χ2v) is 7.54. The first-order chi connectivity index (χ1) is 15.7. The second-order valence-electron chi connectivity index (χ2n) is 7.54. The number of hydrogen-bond acceptors (Lipinski definition) is 5. The third-order valence-electron chi connectivity index (χ3n) is 5.47. The first kappa shape index (κ1) is 21.3. The molecule has 3 aromatic rings. The summed E-state index contributed by atoms with van der Waals surface area (Å²) in [5.41, 5.74) is 1.65. The summed E-state index contributed by atoms with van der Waals surface area (Å²) in [6.45, 7) is 0.436. The molecule has 0 fully saturated rings. The van der Waals surface area contributed by atoms with Gasteiger partial charge in [0.25, 0.3) is 12.3 Å². The third-order valence-corrected chi connectivity index (χ3v) is 5.47. The SMILES string of the molecule is CN(C(=O)c1cccc(-n2nc(C(F)F)c3c2CCOC3)c1)c1ccc2c(c1)OC(F)(F)O2. The zero-order valence-corrected chi connectivity index (χ0v) is 17.2. The number of aromatic nitrogens is 2. The van der Waals surface area contributed by atoms with Gasteiger partial charge in [0.15, 0.2) is 11.5 Å². The molecule has 3 heterocycles. The number of fused-ring (bicyclic) bond motifs is 2. The van der Waals surface area contributed by atoms with Gasteiger partial charge in [-0.25, -0.2) is 13.5 Å². The van der Waals surface area contributed by atoms with Crippen LogP contribution in [0.15, 0.2) is 42.5 Å². The summed E-state index contributed by atoms with van der Waals surface area (Å²) >= 11 is 0. The standard InChI is InChI=1S/C22H17F4N3O4/c1-28(13-5-6-17-18(10-13)33-22(25,26)32-17)21(30)12-3-2-4-14(9-12)29-16-7-8-31-11-15(16)19(27-29)20(23)24/h2-6,9-10,20H,7-8,11H2,1H3. The molecule has 0 atom stereocenters. The van der Waals surface area contributed by atoms with Gasteiger partial charge in [-0.2, -0.15) is 5.10 Å². The number of ether oxygens (including phenoxy) is 3. The van der Waals surface area contributed by atoms with Crippen LogP contribution in [0.1, 0.15) is 33.7 Å². The molecule has 0 saturated carbocycles. The summed E-state index contributed by atoms with van der Waals surface area (Å²) in [5, 5.41) is 4.08. The molecule has 1 aromatic heterocycles. The minimum absolute atomic E-state index is 0.0551. The van der Waals surface area contributed by atoms with Crippen molar-refractivity contribution in [1.82, 2.24) is 9.78 Å². The van der Waals surface area contributed by atoms with Gasteiger partial charge in [0.2, 0.25) is 0 Å². The van der Waals surface area contributed by atoms with E-state index in [2.05, 4.69) is 14.6 Å². The first-order valence-corrected chi connectivity index (χ1v) is 9.98. The minimum atomic E-state index is -3.76. The van der Waals surface area contributed by atoms with Crippen LogP contribution in [0.25, 0.3) is 5.69 Å². The molecule has 33 heavy (non-hydrogen) atoms. The summed E-state index contributed by atoms with van der Waals surface area (Å²) in [4.78, 5) is 14.4. The highest BCUT2D eigenvalue weighted by Crippen LogP contribution is 2.42. The highest BCUT2D eigenvalue weighted by atomic mass is 19.3. The van der Waals surface area contributed by atoms with E-state index in [1.54, 1.807) is 18.2 Å². The average molecular weight is 463 g/mol. The number of hydrogen-bond donors (Lipinski definition) is 0. The molecule has 0 N–H and O–H groups in total. The van der Waals surface area contributed by atoms with Gasteiger partial charge in [0.1, 0.15) is 5.69 Å². The molecule has 172 valence electrons. The van der Waals surface area contributed by atoms with Crippen LogP contribution >= 0.6 is 0 Å².